The van der Waals surface area contributed by atoms with Gasteiger partial charge in [0.05, 0.1) is 5.69 Å². The van der Waals surface area contributed by atoms with Crippen LogP contribution in [0.4, 0.5) is 11.5 Å². The topological polar surface area (TPSA) is 65.9 Å². The minimum atomic E-state index is 0.346. The summed E-state index contributed by atoms with van der Waals surface area (Å²) in [5, 5.41) is 9.00. The van der Waals surface area contributed by atoms with E-state index in [0.29, 0.717) is 16.8 Å². The van der Waals surface area contributed by atoms with E-state index >= 15 is 0 Å². The van der Waals surface area contributed by atoms with Gasteiger partial charge in [-0.1, -0.05) is 12.8 Å². The summed E-state index contributed by atoms with van der Waals surface area (Å²) >= 11 is 0. The Balaban J connectivity index is 1.73. The molecule has 2 N–H and O–H groups in total. The molecule has 2 aliphatic rings. The second kappa shape index (κ2) is 4.73. The van der Waals surface area contributed by atoms with Gasteiger partial charge in [0.1, 0.15) is 11.9 Å². The van der Waals surface area contributed by atoms with Crippen molar-refractivity contribution in [3.8, 4) is 6.07 Å². The third-order valence-electron chi connectivity index (χ3n) is 4.83. The van der Waals surface area contributed by atoms with Gasteiger partial charge in [0.25, 0.3) is 0 Å². The molecular weight excluding hydrogens is 236 g/mol. The van der Waals surface area contributed by atoms with Crippen molar-refractivity contribution >= 4 is 11.5 Å². The molecule has 1 aromatic heterocycles. The number of hydrogen-bond acceptors (Lipinski definition) is 4. The molecule has 1 spiro atoms. The van der Waals surface area contributed by atoms with E-state index < -0.39 is 0 Å². The molecule has 0 aromatic carbocycles. The smallest absolute Gasteiger partial charge is 0.165 e. The van der Waals surface area contributed by atoms with Crippen LogP contribution < -0.4 is 10.6 Å². The fraction of sp³-hybridized carbons (Fsp3) is 0.600. The molecule has 0 amide bonds. The molecule has 4 heteroatoms. The Bertz CT molecular complexity index is 501. The minimum Gasteiger partial charge on any atom is -0.396 e. The van der Waals surface area contributed by atoms with E-state index in [1.807, 2.05) is 6.07 Å². The highest BCUT2D eigenvalue weighted by atomic mass is 15.2. The van der Waals surface area contributed by atoms with Crippen LogP contribution in [-0.2, 0) is 0 Å². The van der Waals surface area contributed by atoms with Gasteiger partial charge in [-0.05, 0) is 43.2 Å². The van der Waals surface area contributed by atoms with Crippen molar-refractivity contribution in [3.63, 3.8) is 0 Å². The molecule has 2 fully saturated rings. The van der Waals surface area contributed by atoms with Gasteiger partial charge in [-0.25, -0.2) is 4.98 Å². The predicted molar refractivity (Wildman–Crippen MR) is 75.7 cm³/mol. The molecule has 0 unspecified atom stereocenters. The zero-order valence-corrected chi connectivity index (χ0v) is 11.2. The summed E-state index contributed by atoms with van der Waals surface area (Å²) in [4.78, 5) is 6.66. The third-order valence-corrected chi connectivity index (χ3v) is 4.83. The lowest BCUT2D eigenvalue weighted by molar-refractivity contribution is 0.226. The molecule has 0 radical (unpaired) electrons. The molecule has 1 aromatic rings. The molecule has 0 bridgehead atoms. The van der Waals surface area contributed by atoms with E-state index in [1.165, 1.54) is 38.5 Å². The number of piperidine rings is 1. The molecule has 1 saturated heterocycles. The summed E-state index contributed by atoms with van der Waals surface area (Å²) in [5.41, 5.74) is 7.15. The van der Waals surface area contributed by atoms with E-state index in [4.69, 9.17) is 11.0 Å². The maximum absolute atomic E-state index is 9.00. The van der Waals surface area contributed by atoms with E-state index in [0.717, 1.165) is 18.9 Å². The summed E-state index contributed by atoms with van der Waals surface area (Å²) in [6, 6.07) is 5.79. The summed E-state index contributed by atoms with van der Waals surface area (Å²) in [6.45, 7) is 2.11. The summed E-state index contributed by atoms with van der Waals surface area (Å²) < 4.78 is 0. The SMILES string of the molecule is N#Cc1nc(N2CCC3(CCCC3)CC2)ccc1N. The number of nitriles is 1. The van der Waals surface area contributed by atoms with Gasteiger partial charge in [0.2, 0.25) is 0 Å². The van der Waals surface area contributed by atoms with Crippen LogP contribution in [0.2, 0.25) is 0 Å². The Labute approximate surface area is 114 Å². The van der Waals surface area contributed by atoms with E-state index in [2.05, 4.69) is 16.0 Å². The number of hydrogen-bond donors (Lipinski definition) is 1. The average molecular weight is 256 g/mol. The van der Waals surface area contributed by atoms with E-state index in [-0.39, 0.29) is 0 Å². The molecule has 4 nitrogen and oxygen atoms in total. The highest BCUT2D eigenvalue weighted by Crippen LogP contribution is 2.46. The lowest BCUT2D eigenvalue weighted by Crippen LogP contribution is -2.39. The maximum atomic E-state index is 9.00. The van der Waals surface area contributed by atoms with Crippen LogP contribution in [0.25, 0.3) is 0 Å². The molecule has 2 heterocycles. The van der Waals surface area contributed by atoms with Crippen LogP contribution in [0.5, 0.6) is 0 Å². The van der Waals surface area contributed by atoms with Gasteiger partial charge in [-0.15, -0.1) is 0 Å². The van der Waals surface area contributed by atoms with Crippen molar-refractivity contribution in [3.05, 3.63) is 17.8 Å². The number of nitrogens with two attached hydrogens (primary N) is 1. The highest BCUT2D eigenvalue weighted by molar-refractivity contribution is 5.55. The van der Waals surface area contributed by atoms with Gasteiger partial charge < -0.3 is 10.6 Å². The largest absolute Gasteiger partial charge is 0.396 e. The van der Waals surface area contributed by atoms with Crippen molar-refractivity contribution in [2.45, 2.75) is 38.5 Å². The van der Waals surface area contributed by atoms with Gasteiger partial charge in [0.15, 0.2) is 5.69 Å². The second-order valence-corrected chi connectivity index (χ2v) is 5.91. The number of aromatic nitrogens is 1. The first-order chi connectivity index (χ1) is 9.22. The van der Waals surface area contributed by atoms with Gasteiger partial charge >= 0.3 is 0 Å². The molecule has 100 valence electrons. The van der Waals surface area contributed by atoms with Crippen LogP contribution in [0, 0.1) is 16.7 Å². The Morgan fingerprint density at radius 1 is 1.16 bits per heavy atom. The van der Waals surface area contributed by atoms with Crippen LogP contribution in [0.1, 0.15) is 44.2 Å². The Morgan fingerprint density at radius 2 is 1.84 bits per heavy atom. The lowest BCUT2D eigenvalue weighted by Gasteiger charge is -2.40. The standard InChI is InChI=1S/C15H20N4/c16-11-13-12(17)3-4-14(18-13)19-9-7-15(8-10-19)5-1-2-6-15/h3-4H,1-2,5-10,17H2. The van der Waals surface area contributed by atoms with Gasteiger partial charge in [-0.3, -0.25) is 0 Å². The zero-order chi connectivity index (χ0) is 13.3. The summed E-state index contributed by atoms with van der Waals surface area (Å²) in [7, 11) is 0. The Kier molecular flexibility index (Phi) is 3.06. The quantitative estimate of drug-likeness (QED) is 0.839. The number of pyridine rings is 1. The molecule has 19 heavy (non-hydrogen) atoms. The molecule has 3 rings (SSSR count). The van der Waals surface area contributed by atoms with Crippen molar-refractivity contribution in [2.75, 3.05) is 23.7 Å². The highest BCUT2D eigenvalue weighted by Gasteiger charge is 2.37. The Hall–Kier alpha value is -1.76. The predicted octanol–water partition coefficient (Wildman–Crippen LogP) is 2.70. The first kappa shape index (κ1) is 12.3. The van der Waals surface area contributed by atoms with Crippen LogP contribution >= 0.6 is 0 Å². The van der Waals surface area contributed by atoms with Crippen molar-refractivity contribution in [1.82, 2.24) is 4.98 Å². The number of nitrogens with zero attached hydrogens (tertiary/aromatic N) is 3. The molecule has 1 aliphatic carbocycles. The van der Waals surface area contributed by atoms with Crippen molar-refractivity contribution in [1.29, 1.82) is 5.26 Å². The zero-order valence-electron chi connectivity index (χ0n) is 11.2. The first-order valence-electron chi connectivity index (χ1n) is 7.14. The van der Waals surface area contributed by atoms with Crippen LogP contribution in [0.3, 0.4) is 0 Å². The summed E-state index contributed by atoms with van der Waals surface area (Å²) in [6.07, 6.45) is 8.14. The van der Waals surface area contributed by atoms with Gasteiger partial charge in [0, 0.05) is 13.1 Å². The minimum absolute atomic E-state index is 0.346. The van der Waals surface area contributed by atoms with E-state index in [1.54, 1.807) is 6.07 Å². The Morgan fingerprint density at radius 3 is 2.47 bits per heavy atom. The normalized spacial score (nSPS) is 21.5. The number of anilines is 2. The van der Waals surface area contributed by atoms with Crippen molar-refractivity contribution in [2.24, 2.45) is 5.41 Å². The van der Waals surface area contributed by atoms with E-state index in [9.17, 15) is 0 Å². The monoisotopic (exact) mass is 256 g/mol. The van der Waals surface area contributed by atoms with Crippen LogP contribution in [0.15, 0.2) is 12.1 Å². The third kappa shape index (κ3) is 2.25. The van der Waals surface area contributed by atoms with Crippen molar-refractivity contribution < 1.29 is 0 Å². The number of nitrogen functional groups attached to an aromatic ring is 1. The molecule has 0 atom stereocenters. The second-order valence-electron chi connectivity index (χ2n) is 5.91. The molecule has 1 aliphatic heterocycles. The fourth-order valence-corrected chi connectivity index (χ4v) is 3.56. The first-order valence-corrected chi connectivity index (χ1v) is 7.14. The lowest BCUT2D eigenvalue weighted by atomic mass is 9.77. The van der Waals surface area contributed by atoms with Crippen LogP contribution in [-0.4, -0.2) is 18.1 Å². The van der Waals surface area contributed by atoms with Gasteiger partial charge in [-0.2, -0.15) is 5.26 Å². The molecular formula is C15H20N4. The number of rotatable bonds is 1. The average Bonchev–Trinajstić information content (AvgIpc) is 2.89. The molecule has 1 saturated carbocycles. The maximum Gasteiger partial charge on any atom is 0.165 e. The fourth-order valence-electron chi connectivity index (χ4n) is 3.56. The summed E-state index contributed by atoms with van der Waals surface area (Å²) in [5.74, 6) is 0.901.